The molecule has 3 heteroatoms. The van der Waals surface area contributed by atoms with Crippen LogP contribution in [-0.4, -0.2) is 26.4 Å². The number of hydrogen-bond donors (Lipinski definition) is 0. The molecule has 0 atom stereocenters. The predicted octanol–water partition coefficient (Wildman–Crippen LogP) is 0.626. The van der Waals surface area contributed by atoms with Crippen LogP contribution in [0.1, 0.15) is 11.5 Å². The molecule has 9 heavy (non-hydrogen) atoms. The molecule has 0 aliphatic carbocycles. The maximum atomic E-state index is 4.14. The SMILES string of the molecule is Cc1cnc(C)n1C[As]. The van der Waals surface area contributed by atoms with E-state index in [1.165, 1.54) is 5.69 Å². The first-order valence-electron chi connectivity index (χ1n) is 2.85. The van der Waals surface area contributed by atoms with Gasteiger partial charge < -0.3 is 0 Å². The standard InChI is InChI=1S/C6H9AsN2/c1-5-3-8-6(2)9(5)4-7/h3H,4H2,1-2H3. The summed E-state index contributed by atoms with van der Waals surface area (Å²) in [7, 11) is 0. The summed E-state index contributed by atoms with van der Waals surface area (Å²) in [5.74, 6) is 1.09. The van der Waals surface area contributed by atoms with E-state index < -0.39 is 0 Å². The molecule has 0 fully saturated rings. The van der Waals surface area contributed by atoms with Gasteiger partial charge in [0.2, 0.25) is 0 Å². The zero-order chi connectivity index (χ0) is 6.85. The van der Waals surface area contributed by atoms with Crippen molar-refractivity contribution in [3.05, 3.63) is 17.7 Å². The Morgan fingerprint density at radius 2 is 2.33 bits per heavy atom. The first kappa shape index (κ1) is 6.88. The molecule has 0 saturated heterocycles. The molecular formula is C6H9AsN2. The van der Waals surface area contributed by atoms with Gasteiger partial charge in [0, 0.05) is 0 Å². The number of hydrogen-bond acceptors (Lipinski definition) is 1. The van der Waals surface area contributed by atoms with Crippen molar-refractivity contribution >= 4 is 16.9 Å². The Hall–Kier alpha value is -0.232. The summed E-state index contributed by atoms with van der Waals surface area (Å²) < 4.78 is 2.15. The molecule has 1 rings (SSSR count). The number of aryl methyl sites for hydroxylation is 2. The van der Waals surface area contributed by atoms with Crippen molar-refractivity contribution in [1.82, 2.24) is 9.55 Å². The number of nitrogens with zero attached hydrogens (tertiary/aromatic N) is 2. The second-order valence-electron chi connectivity index (χ2n) is 2.02. The average Bonchev–Trinajstić information content (AvgIpc) is 2.12. The van der Waals surface area contributed by atoms with Crippen LogP contribution in [0.2, 0.25) is 0 Å². The van der Waals surface area contributed by atoms with Crippen molar-refractivity contribution in [3.8, 4) is 0 Å². The van der Waals surface area contributed by atoms with Crippen LogP contribution < -0.4 is 0 Å². The molecule has 0 saturated carbocycles. The van der Waals surface area contributed by atoms with Crippen molar-refractivity contribution in [2.24, 2.45) is 0 Å². The van der Waals surface area contributed by atoms with Crippen LogP contribution in [0.25, 0.3) is 0 Å². The van der Waals surface area contributed by atoms with Crippen LogP contribution in [-0.2, 0) is 5.33 Å². The fourth-order valence-electron chi connectivity index (χ4n) is 0.795. The Morgan fingerprint density at radius 1 is 1.67 bits per heavy atom. The van der Waals surface area contributed by atoms with Crippen LogP contribution in [0, 0.1) is 13.8 Å². The maximum absolute atomic E-state index is 4.14. The van der Waals surface area contributed by atoms with Crippen molar-refractivity contribution in [2.75, 3.05) is 0 Å². The molecule has 0 bridgehead atoms. The minimum atomic E-state index is 0.963. The van der Waals surface area contributed by atoms with E-state index in [1.54, 1.807) is 0 Å². The molecule has 0 aromatic carbocycles. The van der Waals surface area contributed by atoms with Gasteiger partial charge in [-0.15, -0.1) is 0 Å². The molecule has 1 aromatic heterocycles. The first-order chi connectivity index (χ1) is 4.25. The Labute approximate surface area is 63.8 Å². The van der Waals surface area contributed by atoms with Crippen molar-refractivity contribution < 1.29 is 0 Å². The van der Waals surface area contributed by atoms with Gasteiger partial charge in [-0.3, -0.25) is 0 Å². The van der Waals surface area contributed by atoms with E-state index in [2.05, 4.69) is 33.3 Å². The monoisotopic (exact) mass is 184 g/mol. The molecule has 0 amide bonds. The number of imidazole rings is 1. The van der Waals surface area contributed by atoms with Gasteiger partial charge in [0.1, 0.15) is 0 Å². The summed E-state index contributed by atoms with van der Waals surface area (Å²) in [5.41, 5.74) is 1.23. The summed E-state index contributed by atoms with van der Waals surface area (Å²) in [5, 5.41) is 0.963. The minimum absolute atomic E-state index is 0.963. The van der Waals surface area contributed by atoms with Gasteiger partial charge in [-0.1, -0.05) is 0 Å². The van der Waals surface area contributed by atoms with Gasteiger partial charge in [-0.05, 0) is 0 Å². The second-order valence-corrected chi connectivity index (χ2v) is 2.61. The molecule has 1 heterocycles. The van der Waals surface area contributed by atoms with Crippen LogP contribution in [0.5, 0.6) is 0 Å². The third-order valence-corrected chi connectivity index (χ3v) is 1.99. The Balaban J connectivity index is 3.07. The number of rotatable bonds is 1. The zero-order valence-corrected chi connectivity index (χ0v) is 7.50. The van der Waals surface area contributed by atoms with Gasteiger partial charge in [0.05, 0.1) is 0 Å². The predicted molar refractivity (Wildman–Crippen MR) is 37.5 cm³/mol. The first-order valence-corrected chi connectivity index (χ1v) is 4.18. The van der Waals surface area contributed by atoms with E-state index in [0.717, 1.165) is 11.2 Å². The molecule has 1 aromatic rings. The van der Waals surface area contributed by atoms with Crippen molar-refractivity contribution in [2.45, 2.75) is 19.2 Å². The van der Waals surface area contributed by atoms with Gasteiger partial charge >= 0.3 is 63.3 Å². The van der Waals surface area contributed by atoms with Crippen LogP contribution in [0.3, 0.4) is 0 Å². The van der Waals surface area contributed by atoms with E-state index in [1.807, 2.05) is 13.1 Å². The number of aromatic nitrogens is 2. The quantitative estimate of drug-likeness (QED) is 0.585. The summed E-state index contributed by atoms with van der Waals surface area (Å²) in [6.45, 7) is 4.08. The third kappa shape index (κ3) is 1.19. The molecule has 2 nitrogen and oxygen atoms in total. The molecule has 0 N–H and O–H groups in total. The summed E-state index contributed by atoms with van der Waals surface area (Å²) in [6, 6.07) is 0. The molecule has 0 aliphatic rings. The van der Waals surface area contributed by atoms with Crippen molar-refractivity contribution in [3.63, 3.8) is 0 Å². The second kappa shape index (κ2) is 2.57. The summed E-state index contributed by atoms with van der Waals surface area (Å²) >= 11 is 2.54. The van der Waals surface area contributed by atoms with Crippen LogP contribution in [0.4, 0.5) is 0 Å². The van der Waals surface area contributed by atoms with E-state index in [9.17, 15) is 0 Å². The van der Waals surface area contributed by atoms with Gasteiger partial charge in [-0.25, -0.2) is 0 Å². The third-order valence-electron chi connectivity index (χ3n) is 1.40. The molecule has 48 valence electrons. The average molecular weight is 184 g/mol. The van der Waals surface area contributed by atoms with Gasteiger partial charge in [-0.2, -0.15) is 0 Å². The fraction of sp³-hybridized carbons (Fsp3) is 0.500. The topological polar surface area (TPSA) is 17.8 Å². The van der Waals surface area contributed by atoms with E-state index in [4.69, 9.17) is 0 Å². The Bertz CT molecular complexity index is 185. The Kier molecular flexibility index (Phi) is 1.97. The fourth-order valence-corrected chi connectivity index (χ4v) is 1.69. The van der Waals surface area contributed by atoms with E-state index >= 15 is 0 Å². The summed E-state index contributed by atoms with van der Waals surface area (Å²) in [6.07, 6.45) is 1.89. The zero-order valence-electron chi connectivity index (χ0n) is 5.63. The van der Waals surface area contributed by atoms with Crippen LogP contribution in [0.15, 0.2) is 6.20 Å². The van der Waals surface area contributed by atoms with E-state index in [-0.39, 0.29) is 0 Å². The van der Waals surface area contributed by atoms with E-state index in [0.29, 0.717) is 0 Å². The molecule has 0 aliphatic heterocycles. The molecule has 2 radical (unpaired) electrons. The summed E-state index contributed by atoms with van der Waals surface area (Å²) in [4.78, 5) is 4.14. The molecular weight excluding hydrogens is 175 g/mol. The normalized spacial score (nSPS) is 10.1. The van der Waals surface area contributed by atoms with Gasteiger partial charge in [0.25, 0.3) is 0 Å². The van der Waals surface area contributed by atoms with Crippen molar-refractivity contribution in [1.29, 1.82) is 0 Å². The van der Waals surface area contributed by atoms with Crippen LogP contribution >= 0.6 is 0 Å². The molecule has 0 unspecified atom stereocenters. The molecule has 0 spiro atoms. The Morgan fingerprint density at radius 3 is 2.56 bits per heavy atom. The van der Waals surface area contributed by atoms with Gasteiger partial charge in [0.15, 0.2) is 0 Å².